The van der Waals surface area contributed by atoms with Gasteiger partial charge in [-0.3, -0.25) is 0 Å². The van der Waals surface area contributed by atoms with Crippen molar-refractivity contribution in [3.8, 4) is 0 Å². The Morgan fingerprint density at radius 3 is 2.05 bits per heavy atom. The molecule has 1 heterocycles. The second-order valence-corrected chi connectivity index (χ2v) is 8.83. The SMILES string of the molecule is C[C@@H]1CC[C@H]2C(C)(C)C3[C@H]4OC(C)(C)O[C@H]4[C@@H]3[C@]12C. The fourth-order valence-corrected chi connectivity index (χ4v) is 6.61. The van der Waals surface area contributed by atoms with E-state index in [-0.39, 0.29) is 5.79 Å². The van der Waals surface area contributed by atoms with Crippen molar-refractivity contribution in [2.24, 2.45) is 34.5 Å². The Morgan fingerprint density at radius 2 is 1.42 bits per heavy atom. The molecular formula is C17H28O2. The van der Waals surface area contributed by atoms with Gasteiger partial charge in [-0.25, -0.2) is 0 Å². The molecule has 108 valence electrons. The summed E-state index contributed by atoms with van der Waals surface area (Å²) in [6.07, 6.45) is 3.51. The lowest BCUT2D eigenvalue weighted by Crippen LogP contribution is -2.59. The van der Waals surface area contributed by atoms with E-state index >= 15 is 0 Å². The normalized spacial score (nSPS) is 60.3. The molecule has 3 saturated carbocycles. The van der Waals surface area contributed by atoms with E-state index in [0.29, 0.717) is 29.0 Å². The van der Waals surface area contributed by atoms with E-state index in [1.165, 1.54) is 12.8 Å². The molecule has 2 nitrogen and oxygen atoms in total. The van der Waals surface area contributed by atoms with Gasteiger partial charge in [0, 0.05) is 0 Å². The summed E-state index contributed by atoms with van der Waals surface area (Å²) in [5.41, 5.74) is 0.883. The van der Waals surface area contributed by atoms with Crippen LogP contribution in [0.15, 0.2) is 0 Å². The highest BCUT2D eigenvalue weighted by atomic mass is 16.8. The van der Waals surface area contributed by atoms with Gasteiger partial charge in [-0.15, -0.1) is 0 Å². The maximum Gasteiger partial charge on any atom is 0.163 e. The van der Waals surface area contributed by atoms with Crippen LogP contribution in [0.2, 0.25) is 0 Å². The summed E-state index contributed by atoms with van der Waals surface area (Å²) < 4.78 is 12.5. The lowest BCUT2D eigenvalue weighted by atomic mass is 9.57. The third-order valence-electron chi connectivity index (χ3n) is 7.43. The number of hydrogen-bond acceptors (Lipinski definition) is 2. The van der Waals surface area contributed by atoms with Gasteiger partial charge in [-0.05, 0) is 61.2 Å². The number of rotatable bonds is 0. The Bertz CT molecular complexity index is 427. The second kappa shape index (κ2) is 3.22. The smallest absolute Gasteiger partial charge is 0.163 e. The summed E-state index contributed by atoms with van der Waals surface area (Å²) in [6, 6.07) is 0. The molecule has 0 aromatic carbocycles. The van der Waals surface area contributed by atoms with Crippen LogP contribution in [-0.2, 0) is 9.47 Å². The molecule has 2 heteroatoms. The van der Waals surface area contributed by atoms with E-state index in [9.17, 15) is 0 Å². The summed E-state index contributed by atoms with van der Waals surface area (Å²) in [7, 11) is 0. The van der Waals surface area contributed by atoms with Crippen LogP contribution < -0.4 is 0 Å². The summed E-state index contributed by atoms with van der Waals surface area (Å²) >= 11 is 0. The van der Waals surface area contributed by atoms with E-state index in [1.807, 2.05) is 0 Å². The predicted molar refractivity (Wildman–Crippen MR) is 74.6 cm³/mol. The number of ether oxygens (including phenoxy) is 2. The molecule has 0 N–H and O–H groups in total. The molecule has 0 radical (unpaired) electrons. The quantitative estimate of drug-likeness (QED) is 0.661. The molecule has 0 aromatic rings. The molecule has 1 aliphatic heterocycles. The molecule has 0 amide bonds. The van der Waals surface area contributed by atoms with E-state index in [0.717, 1.165) is 17.8 Å². The van der Waals surface area contributed by atoms with Gasteiger partial charge in [0.05, 0.1) is 12.2 Å². The third-order valence-corrected chi connectivity index (χ3v) is 7.43. The zero-order valence-corrected chi connectivity index (χ0v) is 13.2. The topological polar surface area (TPSA) is 18.5 Å². The minimum Gasteiger partial charge on any atom is -0.344 e. The summed E-state index contributed by atoms with van der Waals surface area (Å²) in [6.45, 7) is 14.1. The number of fused-ring (bicyclic) bond motifs is 6. The first-order chi connectivity index (χ1) is 8.69. The van der Waals surface area contributed by atoms with E-state index in [1.54, 1.807) is 0 Å². The van der Waals surface area contributed by atoms with Crippen LogP contribution in [0.5, 0.6) is 0 Å². The lowest BCUT2D eigenvalue weighted by Gasteiger charge is -2.51. The Morgan fingerprint density at radius 1 is 0.842 bits per heavy atom. The Kier molecular flexibility index (Phi) is 2.14. The highest BCUT2D eigenvalue weighted by molar-refractivity contribution is 5.24. The monoisotopic (exact) mass is 264 g/mol. The predicted octanol–water partition coefficient (Wildman–Crippen LogP) is 3.84. The zero-order valence-electron chi connectivity index (χ0n) is 13.2. The van der Waals surface area contributed by atoms with Crippen molar-refractivity contribution in [2.45, 2.75) is 72.4 Å². The zero-order chi connectivity index (χ0) is 13.8. The van der Waals surface area contributed by atoms with Crippen molar-refractivity contribution >= 4 is 0 Å². The molecule has 4 aliphatic rings. The van der Waals surface area contributed by atoms with E-state index < -0.39 is 0 Å². The van der Waals surface area contributed by atoms with Crippen LogP contribution in [0, 0.1) is 34.5 Å². The molecule has 0 bridgehead atoms. The molecular weight excluding hydrogens is 236 g/mol. The van der Waals surface area contributed by atoms with E-state index in [2.05, 4.69) is 41.5 Å². The molecule has 0 spiro atoms. The van der Waals surface area contributed by atoms with Crippen LogP contribution in [0.4, 0.5) is 0 Å². The van der Waals surface area contributed by atoms with Gasteiger partial charge in [0.15, 0.2) is 5.79 Å². The summed E-state index contributed by atoms with van der Waals surface area (Å²) in [5.74, 6) is 2.74. The first-order valence-electron chi connectivity index (χ1n) is 8.05. The Labute approximate surface area is 117 Å². The number of hydrogen-bond donors (Lipinski definition) is 0. The first-order valence-corrected chi connectivity index (χ1v) is 8.05. The second-order valence-electron chi connectivity index (χ2n) is 8.83. The summed E-state index contributed by atoms with van der Waals surface area (Å²) in [4.78, 5) is 0. The molecule has 19 heavy (non-hydrogen) atoms. The maximum atomic E-state index is 6.25. The van der Waals surface area contributed by atoms with Crippen molar-refractivity contribution in [2.75, 3.05) is 0 Å². The molecule has 0 aromatic heterocycles. The highest BCUT2D eigenvalue weighted by Gasteiger charge is 2.77. The van der Waals surface area contributed by atoms with Gasteiger partial charge in [0.2, 0.25) is 0 Å². The average molecular weight is 264 g/mol. The molecule has 3 aliphatic carbocycles. The standard InChI is InChI=1S/C17H28O2/c1-9-7-8-10-15(2,3)11-12(17(9,10)6)14-13(11)18-16(4,5)19-14/h9-14H,7-8H2,1-6H3/t9-,10+,11?,12-,13-,14+,17-/m1/s1. The summed E-state index contributed by atoms with van der Waals surface area (Å²) in [5, 5.41) is 0. The highest BCUT2D eigenvalue weighted by Crippen LogP contribution is 2.76. The molecule has 1 unspecified atom stereocenters. The molecule has 4 rings (SSSR count). The van der Waals surface area contributed by atoms with Crippen LogP contribution >= 0.6 is 0 Å². The Hall–Kier alpha value is -0.0800. The third kappa shape index (κ3) is 1.22. The van der Waals surface area contributed by atoms with Crippen LogP contribution in [-0.4, -0.2) is 18.0 Å². The van der Waals surface area contributed by atoms with Gasteiger partial charge in [0.1, 0.15) is 0 Å². The Balaban J connectivity index is 1.76. The van der Waals surface area contributed by atoms with Gasteiger partial charge in [-0.1, -0.05) is 27.7 Å². The van der Waals surface area contributed by atoms with Crippen LogP contribution in [0.1, 0.15) is 54.4 Å². The van der Waals surface area contributed by atoms with Crippen molar-refractivity contribution in [3.05, 3.63) is 0 Å². The van der Waals surface area contributed by atoms with Crippen molar-refractivity contribution in [1.82, 2.24) is 0 Å². The maximum absolute atomic E-state index is 6.25. The molecule has 7 atom stereocenters. The minimum atomic E-state index is -0.372. The van der Waals surface area contributed by atoms with Crippen molar-refractivity contribution < 1.29 is 9.47 Å². The fourth-order valence-electron chi connectivity index (χ4n) is 6.61. The van der Waals surface area contributed by atoms with Crippen molar-refractivity contribution in [1.29, 1.82) is 0 Å². The van der Waals surface area contributed by atoms with Gasteiger partial charge >= 0.3 is 0 Å². The van der Waals surface area contributed by atoms with Crippen LogP contribution in [0.3, 0.4) is 0 Å². The van der Waals surface area contributed by atoms with Crippen LogP contribution in [0.25, 0.3) is 0 Å². The van der Waals surface area contributed by atoms with Gasteiger partial charge in [0.25, 0.3) is 0 Å². The lowest BCUT2D eigenvalue weighted by molar-refractivity contribution is -0.145. The molecule has 4 fully saturated rings. The minimum absolute atomic E-state index is 0.352. The average Bonchev–Trinajstić information content (AvgIpc) is 2.74. The largest absolute Gasteiger partial charge is 0.344 e. The first kappa shape index (κ1) is 12.6. The van der Waals surface area contributed by atoms with Gasteiger partial charge < -0.3 is 9.47 Å². The molecule has 1 saturated heterocycles. The van der Waals surface area contributed by atoms with E-state index in [4.69, 9.17) is 9.47 Å². The fraction of sp³-hybridized carbons (Fsp3) is 1.00. The van der Waals surface area contributed by atoms with Gasteiger partial charge in [-0.2, -0.15) is 0 Å². The van der Waals surface area contributed by atoms with Crippen molar-refractivity contribution in [3.63, 3.8) is 0 Å².